The molecule has 0 saturated carbocycles. The summed E-state index contributed by atoms with van der Waals surface area (Å²) in [5.74, 6) is -1.71. The van der Waals surface area contributed by atoms with E-state index in [1.807, 2.05) is 0 Å². The lowest BCUT2D eigenvalue weighted by Gasteiger charge is -2.31. The molecule has 1 N–H and O–H groups in total. The highest BCUT2D eigenvalue weighted by molar-refractivity contribution is 5.85. The van der Waals surface area contributed by atoms with Crippen LogP contribution >= 0.6 is 0 Å². The molecular weight excluding hydrogens is 302 g/mol. The van der Waals surface area contributed by atoms with Crippen molar-refractivity contribution in [1.29, 1.82) is 0 Å². The van der Waals surface area contributed by atoms with E-state index in [9.17, 15) is 14.4 Å². The van der Waals surface area contributed by atoms with Gasteiger partial charge in [-0.05, 0) is 25.8 Å². The number of amides is 1. The average molecular weight is 323 g/mol. The van der Waals surface area contributed by atoms with Crippen molar-refractivity contribution in [2.24, 2.45) is 5.92 Å². The van der Waals surface area contributed by atoms with Crippen molar-refractivity contribution in [3.63, 3.8) is 0 Å². The molecule has 1 aliphatic rings. The molecule has 0 aromatic carbocycles. The molecule has 1 saturated heterocycles. The van der Waals surface area contributed by atoms with E-state index in [0.717, 1.165) is 12.8 Å². The van der Waals surface area contributed by atoms with Crippen molar-refractivity contribution < 1.29 is 24.2 Å². The van der Waals surface area contributed by atoms with Crippen LogP contribution < -0.4 is 0 Å². The fourth-order valence-electron chi connectivity index (χ4n) is 2.71. The Labute approximate surface area is 134 Å². The Morgan fingerprint density at radius 1 is 1.43 bits per heavy atom. The van der Waals surface area contributed by atoms with Gasteiger partial charge in [-0.15, -0.1) is 0 Å². The highest BCUT2D eigenvalue weighted by Crippen LogP contribution is 2.18. The molecule has 8 heteroatoms. The Kier molecular flexibility index (Phi) is 5.72. The third-order valence-electron chi connectivity index (χ3n) is 3.87. The van der Waals surface area contributed by atoms with Gasteiger partial charge < -0.3 is 14.7 Å². The number of aromatic carboxylic acids is 1. The van der Waals surface area contributed by atoms with Crippen molar-refractivity contribution in [3.05, 3.63) is 18.0 Å². The van der Waals surface area contributed by atoms with Crippen molar-refractivity contribution in [3.8, 4) is 0 Å². The molecule has 0 bridgehead atoms. The number of piperidine rings is 1. The Morgan fingerprint density at radius 3 is 2.91 bits per heavy atom. The van der Waals surface area contributed by atoms with Gasteiger partial charge in [0, 0.05) is 25.7 Å². The molecule has 2 heterocycles. The smallest absolute Gasteiger partial charge is 0.354 e. The number of hydrogen-bond acceptors (Lipinski definition) is 5. The van der Waals surface area contributed by atoms with Gasteiger partial charge in [0.25, 0.3) is 0 Å². The van der Waals surface area contributed by atoms with E-state index >= 15 is 0 Å². The number of carboxylic acid groups (broad SMARTS) is 1. The Bertz CT molecular complexity index is 583. The number of hydrogen-bond donors (Lipinski definition) is 1. The van der Waals surface area contributed by atoms with Crippen LogP contribution in [0.3, 0.4) is 0 Å². The third-order valence-corrected chi connectivity index (χ3v) is 3.87. The summed E-state index contributed by atoms with van der Waals surface area (Å²) in [6.45, 7) is 3.27. The highest BCUT2D eigenvalue weighted by Gasteiger charge is 2.29. The molecule has 1 aliphatic heterocycles. The van der Waals surface area contributed by atoms with Gasteiger partial charge in [0.05, 0.1) is 19.1 Å². The molecule has 2 rings (SSSR count). The second-order valence-corrected chi connectivity index (χ2v) is 5.43. The number of aryl methyl sites for hydroxylation is 1. The second kappa shape index (κ2) is 7.75. The number of ether oxygens (including phenoxy) is 1. The van der Waals surface area contributed by atoms with Crippen molar-refractivity contribution in [2.75, 3.05) is 19.7 Å². The predicted octanol–water partition coefficient (Wildman–Crippen LogP) is 0.773. The van der Waals surface area contributed by atoms with Crippen molar-refractivity contribution in [2.45, 2.75) is 32.7 Å². The topological polar surface area (TPSA) is 102 Å². The Morgan fingerprint density at radius 2 is 2.22 bits per heavy atom. The molecule has 1 fully saturated rings. The van der Waals surface area contributed by atoms with Gasteiger partial charge in [-0.1, -0.05) is 0 Å². The molecule has 1 unspecified atom stereocenters. The van der Waals surface area contributed by atoms with Crippen LogP contribution in [0, 0.1) is 5.92 Å². The molecule has 1 atom stereocenters. The largest absolute Gasteiger partial charge is 0.477 e. The van der Waals surface area contributed by atoms with Gasteiger partial charge in [0.1, 0.15) is 5.69 Å². The quantitative estimate of drug-likeness (QED) is 0.776. The number of nitrogens with zero attached hydrogens (tertiary/aromatic N) is 3. The summed E-state index contributed by atoms with van der Waals surface area (Å²) in [5.41, 5.74) is 0.0563. The normalized spacial score (nSPS) is 17.8. The van der Waals surface area contributed by atoms with Gasteiger partial charge in [-0.25, -0.2) is 4.79 Å². The number of carboxylic acids is 1. The van der Waals surface area contributed by atoms with E-state index < -0.39 is 5.97 Å². The van der Waals surface area contributed by atoms with Crippen LogP contribution in [0.25, 0.3) is 0 Å². The SMILES string of the molecule is CCOC(=O)C1CCCN(C(=O)CCn2nccc2C(=O)O)C1. The van der Waals surface area contributed by atoms with E-state index in [2.05, 4.69) is 5.10 Å². The highest BCUT2D eigenvalue weighted by atomic mass is 16.5. The zero-order valence-electron chi connectivity index (χ0n) is 13.1. The zero-order valence-corrected chi connectivity index (χ0v) is 13.1. The third kappa shape index (κ3) is 4.30. The van der Waals surface area contributed by atoms with E-state index in [0.29, 0.717) is 19.7 Å². The van der Waals surface area contributed by atoms with Gasteiger partial charge in [0.15, 0.2) is 0 Å². The minimum atomic E-state index is -1.07. The van der Waals surface area contributed by atoms with Gasteiger partial charge in [-0.3, -0.25) is 14.3 Å². The monoisotopic (exact) mass is 323 g/mol. The molecule has 1 aromatic heterocycles. The molecule has 1 amide bonds. The maximum Gasteiger partial charge on any atom is 0.354 e. The summed E-state index contributed by atoms with van der Waals surface area (Å²) in [7, 11) is 0. The number of likely N-dealkylation sites (tertiary alicyclic amines) is 1. The van der Waals surface area contributed by atoms with E-state index in [1.165, 1.54) is 16.9 Å². The molecule has 23 heavy (non-hydrogen) atoms. The number of aromatic nitrogens is 2. The first-order valence-electron chi connectivity index (χ1n) is 7.72. The summed E-state index contributed by atoms with van der Waals surface area (Å²) >= 11 is 0. The fourth-order valence-corrected chi connectivity index (χ4v) is 2.71. The first-order chi connectivity index (χ1) is 11.0. The summed E-state index contributed by atoms with van der Waals surface area (Å²) in [6.07, 6.45) is 3.03. The van der Waals surface area contributed by atoms with Crippen molar-refractivity contribution in [1.82, 2.24) is 14.7 Å². The van der Waals surface area contributed by atoms with Crippen LogP contribution in [-0.2, 0) is 20.9 Å². The first-order valence-corrected chi connectivity index (χ1v) is 7.72. The molecule has 8 nitrogen and oxygen atoms in total. The maximum atomic E-state index is 12.3. The van der Waals surface area contributed by atoms with Crippen LogP contribution in [0.15, 0.2) is 12.3 Å². The van der Waals surface area contributed by atoms with E-state index in [-0.39, 0.29) is 36.5 Å². The van der Waals surface area contributed by atoms with Gasteiger partial charge in [0.2, 0.25) is 5.91 Å². The summed E-state index contributed by atoms with van der Waals surface area (Å²) < 4.78 is 6.31. The summed E-state index contributed by atoms with van der Waals surface area (Å²) in [6, 6.07) is 1.39. The standard InChI is InChI=1S/C15H21N3O5/c1-2-23-15(22)11-4-3-8-17(10-11)13(19)6-9-18-12(14(20)21)5-7-16-18/h5,7,11H,2-4,6,8-10H2,1H3,(H,20,21). The molecule has 1 aromatic rings. The number of esters is 1. The van der Waals surface area contributed by atoms with Crippen LogP contribution in [0.1, 0.15) is 36.7 Å². The minimum absolute atomic E-state index is 0.0563. The van der Waals surface area contributed by atoms with Gasteiger partial charge >= 0.3 is 11.9 Å². The van der Waals surface area contributed by atoms with Gasteiger partial charge in [-0.2, -0.15) is 5.10 Å². The number of carbonyl (C=O) groups excluding carboxylic acids is 2. The lowest BCUT2D eigenvalue weighted by Crippen LogP contribution is -2.43. The summed E-state index contributed by atoms with van der Waals surface area (Å²) in [4.78, 5) is 36.7. The molecule has 0 spiro atoms. The van der Waals surface area contributed by atoms with E-state index in [4.69, 9.17) is 9.84 Å². The predicted molar refractivity (Wildman–Crippen MR) is 79.7 cm³/mol. The van der Waals surface area contributed by atoms with E-state index in [1.54, 1.807) is 11.8 Å². The fraction of sp³-hybridized carbons (Fsp3) is 0.600. The Balaban J connectivity index is 1.89. The molecular formula is C15H21N3O5. The lowest BCUT2D eigenvalue weighted by atomic mass is 9.98. The zero-order chi connectivity index (χ0) is 16.8. The second-order valence-electron chi connectivity index (χ2n) is 5.43. The molecule has 0 radical (unpaired) electrons. The molecule has 126 valence electrons. The lowest BCUT2D eigenvalue weighted by molar-refractivity contribution is -0.151. The van der Waals surface area contributed by atoms with Crippen LogP contribution in [0.2, 0.25) is 0 Å². The van der Waals surface area contributed by atoms with Crippen LogP contribution in [-0.4, -0.2) is 57.3 Å². The molecule has 0 aliphatic carbocycles. The van der Waals surface area contributed by atoms with Crippen molar-refractivity contribution >= 4 is 17.8 Å². The van der Waals surface area contributed by atoms with Crippen LogP contribution in [0.4, 0.5) is 0 Å². The average Bonchev–Trinajstić information content (AvgIpc) is 3.01. The number of carbonyl (C=O) groups is 3. The van der Waals surface area contributed by atoms with Crippen LogP contribution in [0.5, 0.6) is 0 Å². The summed E-state index contributed by atoms with van der Waals surface area (Å²) in [5, 5.41) is 12.9. The first kappa shape index (κ1) is 17.0. The maximum absolute atomic E-state index is 12.3. The number of rotatable bonds is 6. The minimum Gasteiger partial charge on any atom is -0.477 e. The Hall–Kier alpha value is -2.38.